The van der Waals surface area contributed by atoms with Crippen LogP contribution in [-0.2, 0) is 5.54 Å². The van der Waals surface area contributed by atoms with Gasteiger partial charge in [0.1, 0.15) is 6.61 Å². The third-order valence-electron chi connectivity index (χ3n) is 3.22. The van der Waals surface area contributed by atoms with Crippen LogP contribution in [0.25, 0.3) is 0 Å². The van der Waals surface area contributed by atoms with Gasteiger partial charge in [-0.15, -0.1) is 0 Å². The Labute approximate surface area is 124 Å². The molecule has 1 atom stereocenters. The number of nitriles is 1. The summed E-state index contributed by atoms with van der Waals surface area (Å²) in [5, 5.41) is 12.8. The van der Waals surface area contributed by atoms with Crippen molar-refractivity contribution in [3.63, 3.8) is 0 Å². The third kappa shape index (κ3) is 3.39. The van der Waals surface area contributed by atoms with Crippen molar-refractivity contribution in [2.75, 3.05) is 13.2 Å². The first kappa shape index (κ1) is 15.0. The molecule has 0 fully saturated rings. The number of benzene rings is 2. The van der Waals surface area contributed by atoms with Gasteiger partial charge in [-0.05, 0) is 24.2 Å². The quantitative estimate of drug-likeness (QED) is 0.885. The van der Waals surface area contributed by atoms with Crippen LogP contribution in [0.3, 0.4) is 0 Å². The molecule has 0 saturated carbocycles. The van der Waals surface area contributed by atoms with E-state index in [4.69, 9.17) is 4.74 Å². The van der Waals surface area contributed by atoms with Gasteiger partial charge >= 0.3 is 0 Å². The highest BCUT2D eigenvalue weighted by Crippen LogP contribution is 2.23. The maximum absolute atomic E-state index is 13.6. The molecule has 2 aromatic carbocycles. The van der Waals surface area contributed by atoms with E-state index in [1.165, 1.54) is 6.07 Å². The van der Waals surface area contributed by atoms with E-state index in [1.807, 2.05) is 37.3 Å². The van der Waals surface area contributed by atoms with E-state index >= 15 is 0 Å². The second kappa shape index (κ2) is 6.87. The minimum Gasteiger partial charge on any atom is -0.487 e. The van der Waals surface area contributed by atoms with Gasteiger partial charge < -0.3 is 4.74 Å². The molecule has 108 valence electrons. The van der Waals surface area contributed by atoms with Crippen molar-refractivity contribution < 1.29 is 9.13 Å². The zero-order chi connectivity index (χ0) is 15.1. The second-order valence-electron chi connectivity index (χ2n) is 4.63. The molecule has 1 unspecified atom stereocenters. The van der Waals surface area contributed by atoms with Crippen LogP contribution in [0.15, 0.2) is 54.6 Å². The molecule has 0 aliphatic heterocycles. The van der Waals surface area contributed by atoms with Gasteiger partial charge in [0.25, 0.3) is 0 Å². The number of nitrogens with one attached hydrogen (secondary N) is 1. The van der Waals surface area contributed by atoms with E-state index in [0.29, 0.717) is 6.54 Å². The number of halogens is 1. The van der Waals surface area contributed by atoms with Gasteiger partial charge in [0.05, 0.1) is 6.07 Å². The molecule has 2 aromatic rings. The zero-order valence-electron chi connectivity index (χ0n) is 11.8. The number of ether oxygens (including phenoxy) is 1. The number of hydrogen-bond donors (Lipinski definition) is 1. The van der Waals surface area contributed by atoms with Crippen LogP contribution < -0.4 is 10.1 Å². The lowest BCUT2D eigenvalue weighted by atomic mass is 9.92. The first-order chi connectivity index (χ1) is 10.2. The van der Waals surface area contributed by atoms with Gasteiger partial charge in [-0.2, -0.15) is 5.26 Å². The van der Waals surface area contributed by atoms with Crippen molar-refractivity contribution in [3.8, 4) is 11.8 Å². The Balaban J connectivity index is 2.26. The van der Waals surface area contributed by atoms with E-state index < -0.39 is 11.4 Å². The molecule has 3 nitrogen and oxygen atoms in total. The van der Waals surface area contributed by atoms with Crippen molar-refractivity contribution in [2.45, 2.75) is 12.5 Å². The van der Waals surface area contributed by atoms with E-state index in [0.717, 1.165) is 5.56 Å². The maximum Gasteiger partial charge on any atom is 0.166 e. The second-order valence-corrected chi connectivity index (χ2v) is 4.63. The average molecular weight is 284 g/mol. The molecule has 1 N–H and O–H groups in total. The molecule has 0 amide bonds. The first-order valence-electron chi connectivity index (χ1n) is 6.81. The SMILES string of the molecule is CCNC(C#N)(COc1ccccc1F)c1ccccc1. The van der Waals surface area contributed by atoms with E-state index in [-0.39, 0.29) is 12.4 Å². The Kier molecular flexibility index (Phi) is 4.91. The zero-order valence-corrected chi connectivity index (χ0v) is 11.8. The molecule has 21 heavy (non-hydrogen) atoms. The van der Waals surface area contributed by atoms with Crippen molar-refractivity contribution in [1.29, 1.82) is 5.26 Å². The summed E-state index contributed by atoms with van der Waals surface area (Å²) in [5.74, 6) is -0.292. The number of hydrogen-bond acceptors (Lipinski definition) is 3. The monoisotopic (exact) mass is 284 g/mol. The average Bonchev–Trinajstić information content (AvgIpc) is 2.54. The van der Waals surface area contributed by atoms with Gasteiger partial charge in [-0.3, -0.25) is 5.32 Å². The molecule has 2 rings (SSSR count). The lowest BCUT2D eigenvalue weighted by Crippen LogP contribution is -2.46. The van der Waals surface area contributed by atoms with Gasteiger partial charge in [-0.25, -0.2) is 4.39 Å². The number of rotatable bonds is 6. The van der Waals surface area contributed by atoms with Crippen LogP contribution in [0.2, 0.25) is 0 Å². The van der Waals surface area contributed by atoms with Crippen LogP contribution >= 0.6 is 0 Å². The summed E-state index contributed by atoms with van der Waals surface area (Å²) in [6.07, 6.45) is 0. The summed E-state index contributed by atoms with van der Waals surface area (Å²) in [7, 11) is 0. The minimum atomic E-state index is -1.00. The van der Waals surface area contributed by atoms with Crippen molar-refractivity contribution >= 4 is 0 Å². The molecule has 0 spiro atoms. The fourth-order valence-electron chi connectivity index (χ4n) is 2.15. The van der Waals surface area contributed by atoms with Gasteiger partial charge in [-0.1, -0.05) is 49.4 Å². The van der Waals surface area contributed by atoms with Crippen LogP contribution in [0, 0.1) is 17.1 Å². The van der Waals surface area contributed by atoms with E-state index in [9.17, 15) is 9.65 Å². The number of nitrogens with zero attached hydrogens (tertiary/aromatic N) is 1. The molecule has 0 bridgehead atoms. The number of likely N-dealkylation sites (N-methyl/N-ethyl adjacent to an activating group) is 1. The van der Waals surface area contributed by atoms with Crippen molar-refractivity contribution in [3.05, 3.63) is 66.0 Å². The van der Waals surface area contributed by atoms with Gasteiger partial charge in [0.2, 0.25) is 0 Å². The Bertz CT molecular complexity index is 624. The molecular formula is C17H17FN2O. The maximum atomic E-state index is 13.6. The Morgan fingerprint density at radius 3 is 2.43 bits per heavy atom. The highest BCUT2D eigenvalue weighted by molar-refractivity contribution is 5.32. The Hall–Kier alpha value is -2.38. The highest BCUT2D eigenvalue weighted by Gasteiger charge is 2.32. The summed E-state index contributed by atoms with van der Waals surface area (Å²) >= 11 is 0. The van der Waals surface area contributed by atoms with Crippen LogP contribution in [0.5, 0.6) is 5.75 Å². The fraction of sp³-hybridized carbons (Fsp3) is 0.235. The molecule has 0 aliphatic rings. The van der Waals surface area contributed by atoms with E-state index in [1.54, 1.807) is 18.2 Å². The third-order valence-corrected chi connectivity index (χ3v) is 3.22. The van der Waals surface area contributed by atoms with Crippen molar-refractivity contribution in [2.24, 2.45) is 0 Å². The summed E-state index contributed by atoms with van der Waals surface area (Å²) < 4.78 is 19.2. The standard InChI is InChI=1S/C17H17FN2O/c1-2-20-17(12-19,14-8-4-3-5-9-14)13-21-16-11-7-6-10-15(16)18/h3-11,20H,2,13H2,1H3. The largest absolute Gasteiger partial charge is 0.487 e. The molecule has 0 aliphatic carbocycles. The van der Waals surface area contributed by atoms with Crippen LogP contribution in [-0.4, -0.2) is 13.2 Å². The smallest absolute Gasteiger partial charge is 0.166 e. The van der Waals surface area contributed by atoms with Gasteiger partial charge in [0.15, 0.2) is 17.1 Å². The normalized spacial score (nSPS) is 13.2. The molecular weight excluding hydrogens is 267 g/mol. The summed E-state index contributed by atoms with van der Waals surface area (Å²) in [5.41, 5.74) is -0.205. The molecule has 0 saturated heterocycles. The van der Waals surface area contributed by atoms with Gasteiger partial charge in [0, 0.05) is 0 Å². The first-order valence-corrected chi connectivity index (χ1v) is 6.81. The highest BCUT2D eigenvalue weighted by atomic mass is 19.1. The van der Waals surface area contributed by atoms with Crippen LogP contribution in [0.4, 0.5) is 4.39 Å². The lowest BCUT2D eigenvalue weighted by molar-refractivity contribution is 0.217. The molecule has 0 aromatic heterocycles. The minimum absolute atomic E-state index is 0.0300. The summed E-state index contributed by atoms with van der Waals surface area (Å²) in [6, 6.07) is 17.8. The molecule has 0 radical (unpaired) electrons. The van der Waals surface area contributed by atoms with Crippen molar-refractivity contribution in [1.82, 2.24) is 5.32 Å². The predicted octanol–water partition coefficient (Wildman–Crippen LogP) is 3.23. The summed E-state index contributed by atoms with van der Waals surface area (Å²) in [4.78, 5) is 0. The topological polar surface area (TPSA) is 45.0 Å². The van der Waals surface area contributed by atoms with E-state index in [2.05, 4.69) is 11.4 Å². The molecule has 4 heteroatoms. The molecule has 0 heterocycles. The lowest BCUT2D eigenvalue weighted by Gasteiger charge is -2.28. The number of para-hydroxylation sites is 1. The summed E-state index contributed by atoms with van der Waals surface area (Å²) in [6.45, 7) is 2.55. The fourth-order valence-corrected chi connectivity index (χ4v) is 2.15. The Morgan fingerprint density at radius 2 is 1.81 bits per heavy atom. The van der Waals surface area contributed by atoms with Crippen LogP contribution in [0.1, 0.15) is 12.5 Å². The Morgan fingerprint density at radius 1 is 1.14 bits per heavy atom. The predicted molar refractivity (Wildman–Crippen MR) is 79.3 cm³/mol.